The number of hydrogen-bond donors (Lipinski definition) is 1. The van der Waals surface area contributed by atoms with E-state index in [0.717, 1.165) is 6.54 Å². The molecule has 3 rings (SSSR count). The average Bonchev–Trinajstić information content (AvgIpc) is 2.54. The van der Waals surface area contributed by atoms with Gasteiger partial charge >= 0.3 is 0 Å². The summed E-state index contributed by atoms with van der Waals surface area (Å²) >= 11 is 0. The Hall–Kier alpha value is -1.35. The normalized spacial score (nSPS) is 18.9. The van der Waals surface area contributed by atoms with Crippen LogP contribution in [-0.2, 0) is 0 Å². The van der Waals surface area contributed by atoms with Gasteiger partial charge in [-0.15, -0.1) is 12.4 Å². The Morgan fingerprint density at radius 2 is 1.50 bits per heavy atom. The van der Waals surface area contributed by atoms with E-state index >= 15 is 0 Å². The van der Waals surface area contributed by atoms with Crippen LogP contribution in [0.1, 0.15) is 30.0 Å². The number of piperidine rings is 1. The van der Waals surface area contributed by atoms with E-state index in [2.05, 4.69) is 77.9 Å². The first-order valence-electron chi connectivity index (χ1n) is 7.87. The fourth-order valence-electron chi connectivity index (χ4n) is 3.21. The molecule has 1 saturated heterocycles. The maximum absolute atomic E-state index is 3.88. The molecular weight excluding hydrogens is 292 g/mol. The number of benzene rings is 2. The summed E-state index contributed by atoms with van der Waals surface area (Å²) in [4.78, 5) is 2.42. The molecule has 2 aromatic rings. The summed E-state index contributed by atoms with van der Waals surface area (Å²) in [5.74, 6) is 0. The summed E-state index contributed by atoms with van der Waals surface area (Å²) < 4.78 is 0. The van der Waals surface area contributed by atoms with E-state index in [9.17, 15) is 0 Å². The predicted molar refractivity (Wildman–Crippen MR) is 95.6 cm³/mol. The first kappa shape index (κ1) is 17.0. The van der Waals surface area contributed by atoms with Gasteiger partial charge in [-0.3, -0.25) is 0 Å². The molecule has 0 aromatic heterocycles. The quantitative estimate of drug-likeness (QED) is 0.921. The van der Waals surface area contributed by atoms with Gasteiger partial charge in [-0.1, -0.05) is 60.7 Å². The third kappa shape index (κ3) is 4.33. The van der Waals surface area contributed by atoms with Crippen LogP contribution < -0.4 is 5.32 Å². The first-order chi connectivity index (χ1) is 10.3. The smallest absolute Gasteiger partial charge is 0.0579 e. The Balaban J connectivity index is 0.00000176. The van der Waals surface area contributed by atoms with Crippen molar-refractivity contribution >= 4 is 12.4 Å². The Morgan fingerprint density at radius 1 is 0.955 bits per heavy atom. The van der Waals surface area contributed by atoms with E-state index in [1.54, 1.807) is 0 Å². The maximum Gasteiger partial charge on any atom is 0.0579 e. The lowest BCUT2D eigenvalue weighted by Crippen LogP contribution is -2.45. The lowest BCUT2D eigenvalue weighted by atomic mass is 9.96. The van der Waals surface area contributed by atoms with Crippen LogP contribution in [0.3, 0.4) is 0 Å². The minimum absolute atomic E-state index is 0. The highest BCUT2D eigenvalue weighted by atomic mass is 35.5. The highest BCUT2D eigenvalue weighted by molar-refractivity contribution is 5.85. The molecule has 2 aromatic carbocycles. The molecule has 1 heterocycles. The molecule has 1 fully saturated rings. The first-order valence-corrected chi connectivity index (χ1v) is 7.87. The fraction of sp³-hybridized carbons (Fsp3) is 0.368. The van der Waals surface area contributed by atoms with Crippen LogP contribution in [0.25, 0.3) is 0 Å². The summed E-state index contributed by atoms with van der Waals surface area (Å²) in [6.07, 6.45) is 2.55. The van der Waals surface area contributed by atoms with Crippen LogP contribution in [0.15, 0.2) is 60.7 Å². The largest absolute Gasteiger partial charge is 0.305 e. The Morgan fingerprint density at radius 3 is 2.00 bits per heavy atom. The Kier molecular flexibility index (Phi) is 6.44. The third-order valence-corrected chi connectivity index (χ3v) is 4.29. The van der Waals surface area contributed by atoms with Gasteiger partial charge in [0, 0.05) is 12.6 Å². The van der Waals surface area contributed by atoms with E-state index in [4.69, 9.17) is 0 Å². The highest BCUT2D eigenvalue weighted by Crippen LogP contribution is 2.24. The second kappa shape index (κ2) is 8.33. The number of likely N-dealkylation sites (N-methyl/N-ethyl adjacent to an activating group) is 1. The number of likely N-dealkylation sites (tertiary alicyclic amines) is 1. The van der Waals surface area contributed by atoms with Gasteiger partial charge in [0.15, 0.2) is 0 Å². The molecule has 2 nitrogen and oxygen atoms in total. The Bertz CT molecular complexity index is 504. The second-order valence-corrected chi connectivity index (χ2v) is 6.02. The van der Waals surface area contributed by atoms with Crippen LogP contribution >= 0.6 is 12.4 Å². The van der Waals surface area contributed by atoms with Crippen LogP contribution in [0, 0.1) is 0 Å². The van der Waals surface area contributed by atoms with E-state index in [1.807, 2.05) is 0 Å². The molecule has 1 aliphatic heterocycles. The molecule has 22 heavy (non-hydrogen) atoms. The van der Waals surface area contributed by atoms with Gasteiger partial charge in [-0.2, -0.15) is 0 Å². The van der Waals surface area contributed by atoms with Crippen LogP contribution in [-0.4, -0.2) is 31.1 Å². The van der Waals surface area contributed by atoms with E-state index in [1.165, 1.54) is 30.5 Å². The van der Waals surface area contributed by atoms with Crippen LogP contribution in [0.4, 0.5) is 0 Å². The summed E-state index contributed by atoms with van der Waals surface area (Å²) in [5.41, 5.74) is 2.69. The van der Waals surface area contributed by atoms with Gasteiger partial charge in [-0.05, 0) is 37.6 Å². The van der Waals surface area contributed by atoms with Crippen LogP contribution in [0.2, 0.25) is 0 Å². The van der Waals surface area contributed by atoms with Crippen LogP contribution in [0.5, 0.6) is 0 Å². The predicted octanol–water partition coefficient (Wildman–Crippen LogP) is 3.88. The molecular formula is C19H25ClN2. The topological polar surface area (TPSA) is 15.3 Å². The Labute approximate surface area is 140 Å². The zero-order valence-electron chi connectivity index (χ0n) is 13.1. The van der Waals surface area contributed by atoms with Gasteiger partial charge in [-0.25, -0.2) is 0 Å². The molecule has 1 N–H and O–H groups in total. The standard InChI is InChI=1S/C19H24N2.ClH/c1-21-14-8-13-18(15-21)20-19(16-9-4-2-5-10-16)17-11-6-3-7-12-17;/h2-7,9-12,18-20H,8,13-15H2,1H3;1H. The van der Waals surface area contributed by atoms with Crippen molar-refractivity contribution in [2.24, 2.45) is 0 Å². The lowest BCUT2D eigenvalue weighted by Gasteiger charge is -2.33. The van der Waals surface area contributed by atoms with E-state index in [0.29, 0.717) is 6.04 Å². The minimum atomic E-state index is 0. The van der Waals surface area contributed by atoms with Crippen molar-refractivity contribution in [1.29, 1.82) is 0 Å². The monoisotopic (exact) mass is 316 g/mol. The fourth-order valence-corrected chi connectivity index (χ4v) is 3.21. The van der Waals surface area contributed by atoms with E-state index < -0.39 is 0 Å². The molecule has 0 radical (unpaired) electrons. The van der Waals surface area contributed by atoms with E-state index in [-0.39, 0.29) is 18.4 Å². The molecule has 0 aliphatic carbocycles. The molecule has 3 heteroatoms. The van der Waals surface area contributed by atoms with Gasteiger partial charge in [0.2, 0.25) is 0 Å². The number of halogens is 1. The molecule has 1 atom stereocenters. The number of nitrogens with one attached hydrogen (secondary N) is 1. The number of hydrogen-bond acceptors (Lipinski definition) is 2. The van der Waals surface area contributed by atoms with Crippen molar-refractivity contribution in [3.63, 3.8) is 0 Å². The highest BCUT2D eigenvalue weighted by Gasteiger charge is 2.22. The summed E-state index contributed by atoms with van der Waals surface area (Å²) in [6, 6.07) is 22.4. The molecule has 0 amide bonds. The third-order valence-electron chi connectivity index (χ3n) is 4.29. The SMILES string of the molecule is CN1CCCC(NC(c2ccccc2)c2ccccc2)C1.Cl. The number of rotatable bonds is 4. The van der Waals surface area contributed by atoms with Gasteiger partial charge in [0.25, 0.3) is 0 Å². The van der Waals surface area contributed by atoms with Crippen molar-refractivity contribution in [2.75, 3.05) is 20.1 Å². The summed E-state index contributed by atoms with van der Waals surface area (Å²) in [6.45, 7) is 2.36. The van der Waals surface area contributed by atoms with Crippen molar-refractivity contribution in [1.82, 2.24) is 10.2 Å². The molecule has 118 valence electrons. The zero-order valence-corrected chi connectivity index (χ0v) is 13.9. The maximum atomic E-state index is 3.88. The van der Waals surface area contributed by atoms with Crippen molar-refractivity contribution in [3.8, 4) is 0 Å². The molecule has 0 spiro atoms. The van der Waals surface area contributed by atoms with Gasteiger partial charge in [0.1, 0.15) is 0 Å². The molecule has 1 unspecified atom stereocenters. The summed E-state index contributed by atoms with van der Waals surface area (Å²) in [5, 5.41) is 3.88. The summed E-state index contributed by atoms with van der Waals surface area (Å²) in [7, 11) is 2.22. The number of nitrogens with zero attached hydrogens (tertiary/aromatic N) is 1. The molecule has 1 aliphatic rings. The zero-order chi connectivity index (χ0) is 14.5. The van der Waals surface area contributed by atoms with Crippen molar-refractivity contribution in [3.05, 3.63) is 71.8 Å². The van der Waals surface area contributed by atoms with Gasteiger partial charge < -0.3 is 10.2 Å². The van der Waals surface area contributed by atoms with Crippen molar-refractivity contribution in [2.45, 2.75) is 24.9 Å². The lowest BCUT2D eigenvalue weighted by molar-refractivity contribution is 0.221. The average molecular weight is 317 g/mol. The van der Waals surface area contributed by atoms with Crippen molar-refractivity contribution < 1.29 is 0 Å². The molecule has 0 saturated carbocycles. The molecule has 0 bridgehead atoms. The minimum Gasteiger partial charge on any atom is -0.305 e. The van der Waals surface area contributed by atoms with Gasteiger partial charge in [0.05, 0.1) is 6.04 Å². The second-order valence-electron chi connectivity index (χ2n) is 6.02.